The first-order chi connectivity index (χ1) is 7.68. The molecule has 92 valence electrons. The first-order valence-electron chi connectivity index (χ1n) is 6.38. The van der Waals surface area contributed by atoms with E-state index in [0.29, 0.717) is 0 Å². The lowest BCUT2D eigenvalue weighted by atomic mass is 9.86. The summed E-state index contributed by atoms with van der Waals surface area (Å²) in [6.45, 7) is 13.5. The van der Waals surface area contributed by atoms with Crippen LogP contribution in [0.15, 0.2) is 17.8 Å². The molecule has 0 fully saturated rings. The van der Waals surface area contributed by atoms with E-state index in [1.165, 1.54) is 22.4 Å². The SMILES string of the molecule is CC(C)(C)C1=Cc2cc(C(C)(C)C)cnc2C1. The number of fused-ring (bicyclic) bond motifs is 1. The summed E-state index contributed by atoms with van der Waals surface area (Å²) in [5.74, 6) is 0. The van der Waals surface area contributed by atoms with Gasteiger partial charge in [0.15, 0.2) is 0 Å². The Labute approximate surface area is 105 Å². The minimum Gasteiger partial charge on any atom is -0.260 e. The van der Waals surface area contributed by atoms with E-state index in [-0.39, 0.29) is 10.8 Å². The molecule has 1 aromatic heterocycles. The van der Waals surface area contributed by atoms with Crippen molar-refractivity contribution in [2.75, 3.05) is 0 Å². The van der Waals surface area contributed by atoms with Gasteiger partial charge in [-0.25, -0.2) is 0 Å². The molecule has 1 aromatic rings. The quantitative estimate of drug-likeness (QED) is 0.644. The fraction of sp³-hybridized carbons (Fsp3) is 0.562. The van der Waals surface area contributed by atoms with Crippen molar-refractivity contribution in [3.63, 3.8) is 0 Å². The summed E-state index contributed by atoms with van der Waals surface area (Å²) in [5, 5.41) is 0. The summed E-state index contributed by atoms with van der Waals surface area (Å²) in [7, 11) is 0. The molecule has 0 N–H and O–H groups in total. The van der Waals surface area contributed by atoms with Crippen LogP contribution in [0, 0.1) is 5.41 Å². The predicted molar refractivity (Wildman–Crippen MR) is 74.1 cm³/mol. The van der Waals surface area contributed by atoms with Gasteiger partial charge in [-0.3, -0.25) is 4.98 Å². The Morgan fingerprint density at radius 3 is 2.18 bits per heavy atom. The highest BCUT2D eigenvalue weighted by molar-refractivity contribution is 5.63. The number of hydrogen-bond acceptors (Lipinski definition) is 1. The minimum atomic E-state index is 0.181. The average Bonchev–Trinajstić information content (AvgIpc) is 2.57. The van der Waals surface area contributed by atoms with E-state index < -0.39 is 0 Å². The highest BCUT2D eigenvalue weighted by Crippen LogP contribution is 2.36. The lowest BCUT2D eigenvalue weighted by molar-refractivity contribution is 0.497. The average molecular weight is 229 g/mol. The van der Waals surface area contributed by atoms with Gasteiger partial charge in [0, 0.05) is 12.6 Å². The van der Waals surface area contributed by atoms with Crippen molar-refractivity contribution in [3.05, 3.63) is 34.7 Å². The van der Waals surface area contributed by atoms with E-state index in [0.717, 1.165) is 6.42 Å². The van der Waals surface area contributed by atoms with Crippen LogP contribution in [0.2, 0.25) is 0 Å². The second-order valence-corrected chi connectivity index (χ2v) is 7.11. The van der Waals surface area contributed by atoms with Gasteiger partial charge < -0.3 is 0 Å². The van der Waals surface area contributed by atoms with Gasteiger partial charge in [0.1, 0.15) is 0 Å². The molecule has 17 heavy (non-hydrogen) atoms. The van der Waals surface area contributed by atoms with Crippen molar-refractivity contribution in [3.8, 4) is 0 Å². The van der Waals surface area contributed by atoms with Crippen LogP contribution in [-0.4, -0.2) is 4.98 Å². The normalized spacial score (nSPS) is 15.8. The Hall–Kier alpha value is -1.11. The van der Waals surface area contributed by atoms with Crippen LogP contribution in [0.4, 0.5) is 0 Å². The molecule has 2 rings (SSSR count). The molecule has 1 heteroatoms. The number of allylic oxidation sites excluding steroid dienone is 1. The van der Waals surface area contributed by atoms with Crippen molar-refractivity contribution in [1.29, 1.82) is 0 Å². The predicted octanol–water partition coefficient (Wildman–Crippen LogP) is 4.36. The Morgan fingerprint density at radius 2 is 1.65 bits per heavy atom. The number of aromatic nitrogens is 1. The molecule has 1 aliphatic carbocycles. The van der Waals surface area contributed by atoms with Crippen LogP contribution in [0.3, 0.4) is 0 Å². The van der Waals surface area contributed by atoms with Gasteiger partial charge in [0.2, 0.25) is 0 Å². The molecule has 1 heterocycles. The number of hydrogen-bond donors (Lipinski definition) is 0. The second-order valence-electron chi connectivity index (χ2n) is 7.11. The molecular formula is C16H23N. The van der Waals surface area contributed by atoms with Gasteiger partial charge >= 0.3 is 0 Å². The van der Waals surface area contributed by atoms with Crippen molar-refractivity contribution in [2.45, 2.75) is 53.4 Å². The fourth-order valence-electron chi connectivity index (χ4n) is 2.09. The third kappa shape index (κ3) is 2.43. The molecular weight excluding hydrogens is 206 g/mol. The van der Waals surface area contributed by atoms with Gasteiger partial charge in [0.25, 0.3) is 0 Å². The molecule has 0 amide bonds. The highest BCUT2D eigenvalue weighted by Gasteiger charge is 2.25. The van der Waals surface area contributed by atoms with E-state index in [1.54, 1.807) is 0 Å². The topological polar surface area (TPSA) is 12.9 Å². The van der Waals surface area contributed by atoms with Crippen molar-refractivity contribution < 1.29 is 0 Å². The van der Waals surface area contributed by atoms with Gasteiger partial charge in [-0.05, 0) is 28.0 Å². The van der Waals surface area contributed by atoms with Crippen molar-refractivity contribution in [1.82, 2.24) is 4.98 Å². The van der Waals surface area contributed by atoms with Crippen LogP contribution in [0.25, 0.3) is 6.08 Å². The van der Waals surface area contributed by atoms with Crippen molar-refractivity contribution in [2.24, 2.45) is 5.41 Å². The molecule has 0 bridgehead atoms. The van der Waals surface area contributed by atoms with Crippen LogP contribution in [-0.2, 0) is 11.8 Å². The van der Waals surface area contributed by atoms with Gasteiger partial charge in [-0.15, -0.1) is 0 Å². The third-order valence-corrected chi connectivity index (χ3v) is 3.52. The fourth-order valence-corrected chi connectivity index (χ4v) is 2.09. The van der Waals surface area contributed by atoms with Gasteiger partial charge in [-0.2, -0.15) is 0 Å². The number of rotatable bonds is 0. The molecule has 1 nitrogen and oxygen atoms in total. The standard InChI is InChI=1S/C16H23N/c1-15(2,3)12-7-11-8-13(16(4,5)6)10-17-14(11)9-12/h7-8,10H,9H2,1-6H3. The first-order valence-corrected chi connectivity index (χ1v) is 6.38. The zero-order valence-corrected chi connectivity index (χ0v) is 11.9. The minimum absolute atomic E-state index is 0.181. The zero-order valence-electron chi connectivity index (χ0n) is 11.9. The summed E-state index contributed by atoms with van der Waals surface area (Å²) < 4.78 is 0. The first kappa shape index (κ1) is 12.3. The summed E-state index contributed by atoms with van der Waals surface area (Å²) in [6.07, 6.45) is 5.39. The van der Waals surface area contributed by atoms with Crippen LogP contribution in [0.5, 0.6) is 0 Å². The molecule has 0 saturated heterocycles. The molecule has 0 aromatic carbocycles. The summed E-state index contributed by atoms with van der Waals surface area (Å²) >= 11 is 0. The Bertz CT molecular complexity index is 467. The third-order valence-electron chi connectivity index (χ3n) is 3.52. The molecule has 0 aliphatic heterocycles. The van der Waals surface area contributed by atoms with E-state index in [4.69, 9.17) is 0 Å². The van der Waals surface area contributed by atoms with Crippen molar-refractivity contribution >= 4 is 6.08 Å². The molecule has 0 unspecified atom stereocenters. The van der Waals surface area contributed by atoms with Crippen LogP contribution in [0.1, 0.15) is 58.4 Å². The summed E-state index contributed by atoms with van der Waals surface area (Å²) in [4.78, 5) is 4.64. The van der Waals surface area contributed by atoms with Crippen LogP contribution >= 0.6 is 0 Å². The van der Waals surface area contributed by atoms with Gasteiger partial charge in [0.05, 0.1) is 5.69 Å². The number of pyridine rings is 1. The molecule has 0 radical (unpaired) electrons. The largest absolute Gasteiger partial charge is 0.260 e. The smallest absolute Gasteiger partial charge is 0.0516 e. The molecule has 1 aliphatic rings. The lowest BCUT2D eigenvalue weighted by Gasteiger charge is -2.19. The summed E-state index contributed by atoms with van der Waals surface area (Å²) in [5.41, 5.74) is 5.81. The molecule has 0 saturated carbocycles. The highest BCUT2D eigenvalue weighted by atomic mass is 14.7. The monoisotopic (exact) mass is 229 g/mol. The lowest BCUT2D eigenvalue weighted by Crippen LogP contribution is -2.12. The Kier molecular flexibility index (Phi) is 2.68. The zero-order chi connectivity index (χ0) is 12.8. The summed E-state index contributed by atoms with van der Waals surface area (Å²) in [6, 6.07) is 2.31. The maximum Gasteiger partial charge on any atom is 0.0516 e. The number of nitrogens with zero attached hydrogens (tertiary/aromatic N) is 1. The van der Waals surface area contributed by atoms with E-state index in [2.05, 4.69) is 58.7 Å². The van der Waals surface area contributed by atoms with Crippen LogP contribution < -0.4 is 0 Å². The van der Waals surface area contributed by atoms with E-state index in [1.807, 2.05) is 6.20 Å². The molecule has 0 spiro atoms. The maximum atomic E-state index is 4.64. The van der Waals surface area contributed by atoms with E-state index >= 15 is 0 Å². The van der Waals surface area contributed by atoms with Gasteiger partial charge in [-0.1, -0.05) is 53.2 Å². The Morgan fingerprint density at radius 1 is 1.00 bits per heavy atom. The Balaban J connectivity index is 2.40. The molecule has 0 atom stereocenters. The maximum absolute atomic E-state index is 4.64. The second kappa shape index (κ2) is 3.69. The van der Waals surface area contributed by atoms with E-state index in [9.17, 15) is 0 Å².